The number of benzene rings is 4. The molecule has 0 aliphatic carbocycles. The number of hydrogen-bond donors (Lipinski definition) is 2. The Balaban J connectivity index is 1.13. The molecule has 6 rings (SSSR count). The highest BCUT2D eigenvalue weighted by molar-refractivity contribution is 7.91. The summed E-state index contributed by atoms with van der Waals surface area (Å²) in [6.45, 7) is 3.68. The fraction of sp³-hybridized carbons (Fsp3) is 0.359. The molecule has 1 unspecified atom stereocenters. The summed E-state index contributed by atoms with van der Waals surface area (Å²) in [6, 6.07) is 19.9. The van der Waals surface area contributed by atoms with Crippen LogP contribution in [-0.2, 0) is 39.1 Å². The standard InChI is InChI=1S/C39H42ClFN4O9S/c1-2-50-39(47)35(23-46)42-22-29-20-32(40)37(21-36(29)52-24-26-10-11-33-34(18-26)44-54-43-33)53-25-28-7-4-9-31(38(28)41)27-6-3-8-30(19-27)51-15-5-12-45-13-16-55(48,49)17-14-45/h3-4,6-11,18-21,35,42,46H,2,5,12-17,22-25H2,1H3. The third-order valence-corrected chi connectivity index (χ3v) is 11.0. The van der Waals surface area contributed by atoms with Gasteiger partial charge in [0.15, 0.2) is 9.84 Å². The number of carbonyl (C=O) groups excluding carboxylic acids is 1. The van der Waals surface area contributed by atoms with Gasteiger partial charge >= 0.3 is 5.97 Å². The van der Waals surface area contributed by atoms with Gasteiger partial charge in [0.05, 0.1) is 36.3 Å². The lowest BCUT2D eigenvalue weighted by Gasteiger charge is -2.26. The third kappa shape index (κ3) is 10.7. The van der Waals surface area contributed by atoms with Crippen molar-refractivity contribution in [2.45, 2.75) is 39.1 Å². The first kappa shape index (κ1) is 39.9. The topological polar surface area (TPSA) is 163 Å². The number of aliphatic hydroxyl groups is 1. The maximum atomic E-state index is 16.0. The SMILES string of the molecule is CCOC(=O)C(CO)NCc1cc(Cl)c(OCc2cccc(-c3cccc(OCCCN4CCS(=O)(=O)CC4)c3)c2F)cc1OCc1ccc2nonc2c1. The first-order valence-electron chi connectivity index (χ1n) is 17.9. The Kier molecular flexibility index (Phi) is 13.6. The lowest BCUT2D eigenvalue weighted by molar-refractivity contribution is -0.146. The van der Waals surface area contributed by atoms with Crippen LogP contribution in [0.25, 0.3) is 22.2 Å². The number of aliphatic hydroxyl groups excluding tert-OH is 1. The van der Waals surface area contributed by atoms with E-state index in [-0.39, 0.29) is 48.6 Å². The van der Waals surface area contributed by atoms with E-state index < -0.39 is 34.3 Å². The smallest absolute Gasteiger partial charge is 0.325 e. The number of ether oxygens (including phenoxy) is 4. The minimum Gasteiger partial charge on any atom is -0.494 e. The van der Waals surface area contributed by atoms with Crippen LogP contribution in [0.1, 0.15) is 30.0 Å². The molecule has 1 aliphatic heterocycles. The van der Waals surface area contributed by atoms with Crippen molar-refractivity contribution in [3.05, 3.63) is 100 Å². The molecule has 4 aromatic carbocycles. The van der Waals surface area contributed by atoms with Crippen LogP contribution in [-0.4, -0.2) is 91.7 Å². The van der Waals surface area contributed by atoms with Crippen LogP contribution < -0.4 is 19.5 Å². The first-order valence-corrected chi connectivity index (χ1v) is 20.1. The first-order chi connectivity index (χ1) is 26.6. The van der Waals surface area contributed by atoms with Gasteiger partial charge in [-0.1, -0.05) is 48.0 Å². The Morgan fingerprint density at radius 3 is 2.55 bits per heavy atom. The molecule has 292 valence electrons. The largest absolute Gasteiger partial charge is 0.494 e. The highest BCUT2D eigenvalue weighted by Gasteiger charge is 2.22. The van der Waals surface area contributed by atoms with E-state index in [0.717, 1.165) is 18.5 Å². The summed E-state index contributed by atoms with van der Waals surface area (Å²) in [5.74, 6) is 0.534. The molecule has 1 aliphatic rings. The zero-order valence-electron chi connectivity index (χ0n) is 30.2. The molecule has 0 radical (unpaired) electrons. The van der Waals surface area contributed by atoms with E-state index in [2.05, 4.69) is 20.5 Å². The van der Waals surface area contributed by atoms with Crippen molar-refractivity contribution in [3.8, 4) is 28.4 Å². The van der Waals surface area contributed by atoms with Crippen LogP contribution in [0.15, 0.2) is 77.4 Å². The maximum absolute atomic E-state index is 16.0. The predicted octanol–water partition coefficient (Wildman–Crippen LogP) is 5.35. The maximum Gasteiger partial charge on any atom is 0.325 e. The Morgan fingerprint density at radius 1 is 0.964 bits per heavy atom. The third-order valence-electron chi connectivity index (χ3n) is 9.05. The van der Waals surface area contributed by atoms with E-state index in [0.29, 0.717) is 64.5 Å². The molecular formula is C39H42ClFN4O9S. The molecule has 0 spiro atoms. The Hall–Kier alpha value is -4.80. The normalized spacial score (nSPS) is 14.8. The second-order valence-corrected chi connectivity index (χ2v) is 15.6. The molecule has 0 bridgehead atoms. The van der Waals surface area contributed by atoms with Gasteiger partial charge in [-0.05, 0) is 65.1 Å². The minimum absolute atomic E-state index is 0.0932. The number of nitrogens with zero attached hydrogens (tertiary/aromatic N) is 3. The summed E-state index contributed by atoms with van der Waals surface area (Å²) in [5.41, 5.74) is 3.82. The van der Waals surface area contributed by atoms with Crippen molar-refractivity contribution >= 4 is 38.4 Å². The van der Waals surface area contributed by atoms with E-state index >= 15 is 4.39 Å². The Bertz CT molecular complexity index is 2190. The van der Waals surface area contributed by atoms with E-state index in [1.807, 2.05) is 12.1 Å². The molecule has 2 heterocycles. The molecule has 13 nitrogen and oxygen atoms in total. The molecule has 1 fully saturated rings. The summed E-state index contributed by atoms with van der Waals surface area (Å²) in [5, 5.41) is 20.7. The molecule has 1 aromatic heterocycles. The summed E-state index contributed by atoms with van der Waals surface area (Å²) >= 11 is 6.68. The van der Waals surface area contributed by atoms with Crippen LogP contribution in [0.5, 0.6) is 17.2 Å². The van der Waals surface area contributed by atoms with Crippen LogP contribution in [0.2, 0.25) is 5.02 Å². The number of fused-ring (bicyclic) bond motifs is 1. The number of nitrogens with one attached hydrogen (secondary N) is 1. The van der Waals surface area contributed by atoms with Crippen molar-refractivity contribution in [1.82, 2.24) is 20.5 Å². The van der Waals surface area contributed by atoms with Crippen LogP contribution in [0, 0.1) is 5.82 Å². The zero-order valence-corrected chi connectivity index (χ0v) is 31.8. The van der Waals surface area contributed by atoms with Gasteiger partial charge in [0.1, 0.15) is 53.4 Å². The van der Waals surface area contributed by atoms with E-state index in [4.69, 9.17) is 35.2 Å². The van der Waals surface area contributed by atoms with Crippen molar-refractivity contribution < 1.29 is 46.3 Å². The molecule has 5 aromatic rings. The van der Waals surface area contributed by atoms with Gasteiger partial charge in [0.2, 0.25) is 0 Å². The second kappa shape index (κ2) is 18.7. The highest BCUT2D eigenvalue weighted by Crippen LogP contribution is 2.35. The Labute approximate surface area is 323 Å². The zero-order chi connectivity index (χ0) is 38.8. The van der Waals surface area contributed by atoms with Gasteiger partial charge in [-0.2, -0.15) is 0 Å². The lowest BCUT2D eigenvalue weighted by atomic mass is 10.0. The number of carbonyl (C=O) groups is 1. The number of aromatic nitrogens is 2. The molecule has 0 saturated carbocycles. The van der Waals surface area contributed by atoms with E-state index in [1.54, 1.807) is 67.6 Å². The lowest BCUT2D eigenvalue weighted by Crippen LogP contribution is -2.40. The summed E-state index contributed by atoms with van der Waals surface area (Å²) in [7, 11) is -2.92. The van der Waals surface area contributed by atoms with Crippen molar-refractivity contribution in [1.29, 1.82) is 0 Å². The van der Waals surface area contributed by atoms with Crippen molar-refractivity contribution in [3.63, 3.8) is 0 Å². The number of hydrogen-bond acceptors (Lipinski definition) is 13. The summed E-state index contributed by atoms with van der Waals surface area (Å²) in [4.78, 5) is 14.4. The fourth-order valence-corrected chi connectivity index (χ4v) is 7.53. The number of esters is 1. The van der Waals surface area contributed by atoms with Crippen molar-refractivity contribution in [2.75, 3.05) is 51.0 Å². The Morgan fingerprint density at radius 2 is 1.75 bits per heavy atom. The highest BCUT2D eigenvalue weighted by atomic mass is 35.5. The predicted molar refractivity (Wildman–Crippen MR) is 203 cm³/mol. The fourth-order valence-electron chi connectivity index (χ4n) is 6.01. The second-order valence-electron chi connectivity index (χ2n) is 12.9. The van der Waals surface area contributed by atoms with Crippen LogP contribution in [0.3, 0.4) is 0 Å². The van der Waals surface area contributed by atoms with Gasteiger partial charge in [-0.3, -0.25) is 10.1 Å². The number of halogens is 2. The summed E-state index contributed by atoms with van der Waals surface area (Å²) < 4.78 is 67.5. The van der Waals surface area contributed by atoms with Crippen LogP contribution in [0.4, 0.5) is 4.39 Å². The molecule has 16 heteroatoms. The molecular weight excluding hydrogens is 755 g/mol. The molecule has 2 N–H and O–H groups in total. The van der Waals surface area contributed by atoms with Gasteiger partial charge in [0.25, 0.3) is 0 Å². The minimum atomic E-state index is -2.92. The van der Waals surface area contributed by atoms with E-state index in [1.165, 1.54) is 0 Å². The van der Waals surface area contributed by atoms with Gasteiger partial charge in [-0.25, -0.2) is 17.4 Å². The number of sulfone groups is 1. The molecule has 1 saturated heterocycles. The summed E-state index contributed by atoms with van der Waals surface area (Å²) in [6.07, 6.45) is 0.727. The molecule has 1 atom stereocenters. The number of rotatable bonds is 18. The molecule has 0 amide bonds. The average molecular weight is 797 g/mol. The van der Waals surface area contributed by atoms with Gasteiger partial charge in [0, 0.05) is 48.9 Å². The van der Waals surface area contributed by atoms with Gasteiger partial charge in [-0.15, -0.1) is 0 Å². The van der Waals surface area contributed by atoms with E-state index in [9.17, 15) is 18.3 Å². The quantitative estimate of drug-likeness (QED) is 0.0863. The molecule has 55 heavy (non-hydrogen) atoms. The van der Waals surface area contributed by atoms with Crippen LogP contribution >= 0.6 is 11.6 Å². The van der Waals surface area contributed by atoms with Crippen molar-refractivity contribution in [2.24, 2.45) is 0 Å². The average Bonchev–Trinajstić information content (AvgIpc) is 3.65. The van der Waals surface area contributed by atoms with Gasteiger partial charge < -0.3 is 29.0 Å². The monoisotopic (exact) mass is 796 g/mol.